The molecule has 0 saturated carbocycles. The number of halogens is 2. The molecule has 6 nitrogen and oxygen atoms in total. The molecule has 3 aromatic rings. The molecular weight excluding hydrogens is 379 g/mol. The van der Waals surface area contributed by atoms with E-state index in [2.05, 4.69) is 26.4 Å². The Morgan fingerprint density at radius 1 is 1.25 bits per heavy atom. The van der Waals surface area contributed by atoms with Crippen molar-refractivity contribution in [1.29, 1.82) is 0 Å². The van der Waals surface area contributed by atoms with Crippen LogP contribution in [0.1, 0.15) is 11.1 Å². The number of hydrogen-bond acceptors (Lipinski definition) is 4. The highest BCUT2D eigenvalue weighted by Crippen LogP contribution is 2.26. The molecule has 1 heterocycles. The van der Waals surface area contributed by atoms with E-state index in [0.717, 1.165) is 14.7 Å². The van der Waals surface area contributed by atoms with Crippen LogP contribution < -0.4 is 10.4 Å². The first kappa shape index (κ1) is 16.4. The van der Waals surface area contributed by atoms with Gasteiger partial charge in [-0.1, -0.05) is 28.1 Å². The van der Waals surface area contributed by atoms with Crippen molar-refractivity contribution in [3.63, 3.8) is 0 Å². The molecule has 124 valence electrons. The fourth-order valence-corrected chi connectivity index (χ4v) is 2.70. The van der Waals surface area contributed by atoms with Gasteiger partial charge in [0.15, 0.2) is 0 Å². The molecule has 0 amide bonds. The van der Waals surface area contributed by atoms with Crippen molar-refractivity contribution in [3.05, 3.63) is 68.3 Å². The topological polar surface area (TPSA) is 61.9 Å². The summed E-state index contributed by atoms with van der Waals surface area (Å²) in [7, 11) is 1.52. The molecule has 0 N–H and O–H groups in total. The lowest BCUT2D eigenvalue weighted by Gasteiger charge is -2.13. The van der Waals surface area contributed by atoms with E-state index in [1.165, 1.54) is 23.9 Å². The molecule has 1 aromatic heterocycles. The third kappa shape index (κ3) is 3.09. The number of aromatic nitrogens is 4. The first-order chi connectivity index (χ1) is 11.5. The van der Waals surface area contributed by atoms with Gasteiger partial charge in [0.1, 0.15) is 18.2 Å². The average Bonchev–Trinajstić information content (AvgIpc) is 2.88. The van der Waals surface area contributed by atoms with Crippen LogP contribution in [0.2, 0.25) is 0 Å². The minimum Gasteiger partial charge on any atom is -0.488 e. The van der Waals surface area contributed by atoms with Crippen LogP contribution in [0.15, 0.2) is 45.7 Å². The molecule has 0 radical (unpaired) electrons. The number of aryl methyl sites for hydroxylation is 2. The number of tetrazole rings is 1. The van der Waals surface area contributed by atoms with Gasteiger partial charge in [-0.05, 0) is 41.1 Å². The number of hydrogen-bond donors (Lipinski definition) is 0. The predicted molar refractivity (Wildman–Crippen MR) is 89.8 cm³/mol. The molecule has 0 saturated heterocycles. The van der Waals surface area contributed by atoms with E-state index >= 15 is 0 Å². The van der Waals surface area contributed by atoms with Crippen LogP contribution in [0.3, 0.4) is 0 Å². The van der Waals surface area contributed by atoms with E-state index in [1.54, 1.807) is 18.2 Å². The lowest BCUT2D eigenvalue weighted by Crippen LogP contribution is -2.23. The SMILES string of the molecule is Cc1ccc(F)cc1OCc1c(Br)cccc1-n1nnn(C)c1=O. The Balaban J connectivity index is 1.98. The highest BCUT2D eigenvalue weighted by Gasteiger charge is 2.14. The van der Waals surface area contributed by atoms with Crippen LogP contribution in [-0.2, 0) is 13.7 Å². The van der Waals surface area contributed by atoms with E-state index in [-0.39, 0.29) is 18.1 Å². The predicted octanol–water partition coefficient (Wildman–Crippen LogP) is 2.76. The second kappa shape index (κ2) is 6.56. The van der Waals surface area contributed by atoms with Gasteiger partial charge in [0.25, 0.3) is 0 Å². The summed E-state index contributed by atoms with van der Waals surface area (Å²) >= 11 is 3.46. The minimum absolute atomic E-state index is 0.143. The van der Waals surface area contributed by atoms with Crippen molar-refractivity contribution < 1.29 is 9.13 Å². The highest BCUT2D eigenvalue weighted by atomic mass is 79.9. The summed E-state index contributed by atoms with van der Waals surface area (Å²) in [5, 5.41) is 7.57. The van der Waals surface area contributed by atoms with Crippen molar-refractivity contribution in [1.82, 2.24) is 19.8 Å². The lowest BCUT2D eigenvalue weighted by molar-refractivity contribution is 0.301. The summed E-state index contributed by atoms with van der Waals surface area (Å²) in [5.41, 5.74) is 1.72. The Labute approximate surface area is 145 Å². The van der Waals surface area contributed by atoms with Gasteiger partial charge in [0.2, 0.25) is 0 Å². The van der Waals surface area contributed by atoms with Crippen LogP contribution in [0.5, 0.6) is 5.75 Å². The van der Waals surface area contributed by atoms with E-state index in [0.29, 0.717) is 17.0 Å². The van der Waals surface area contributed by atoms with Crippen molar-refractivity contribution in [2.75, 3.05) is 0 Å². The Morgan fingerprint density at radius 3 is 2.75 bits per heavy atom. The van der Waals surface area contributed by atoms with Crippen molar-refractivity contribution in [2.24, 2.45) is 7.05 Å². The first-order valence-electron chi connectivity index (χ1n) is 7.13. The third-order valence-electron chi connectivity index (χ3n) is 3.57. The number of nitrogens with zero attached hydrogens (tertiary/aromatic N) is 4. The summed E-state index contributed by atoms with van der Waals surface area (Å²) in [6, 6.07) is 9.74. The van der Waals surface area contributed by atoms with E-state index in [9.17, 15) is 9.18 Å². The molecular formula is C16H14BrFN4O2. The summed E-state index contributed by atoms with van der Waals surface area (Å²) < 4.78 is 22.2. The normalized spacial score (nSPS) is 10.8. The van der Waals surface area contributed by atoms with Gasteiger partial charge in [-0.25, -0.2) is 9.18 Å². The van der Waals surface area contributed by atoms with Gasteiger partial charge < -0.3 is 4.74 Å². The lowest BCUT2D eigenvalue weighted by atomic mass is 10.2. The summed E-state index contributed by atoms with van der Waals surface area (Å²) in [5.74, 6) is 0.0799. The van der Waals surface area contributed by atoms with Gasteiger partial charge in [-0.2, -0.15) is 9.36 Å². The quantitative estimate of drug-likeness (QED) is 0.684. The maximum Gasteiger partial charge on any atom is 0.368 e. The Kier molecular flexibility index (Phi) is 4.48. The van der Waals surface area contributed by atoms with Gasteiger partial charge in [-0.3, -0.25) is 0 Å². The molecule has 0 bridgehead atoms. The van der Waals surface area contributed by atoms with Crippen LogP contribution in [-0.4, -0.2) is 19.8 Å². The second-order valence-electron chi connectivity index (χ2n) is 5.23. The van der Waals surface area contributed by atoms with Crippen molar-refractivity contribution in [3.8, 4) is 11.4 Å². The van der Waals surface area contributed by atoms with E-state index in [4.69, 9.17) is 4.74 Å². The fourth-order valence-electron chi connectivity index (χ4n) is 2.23. The largest absolute Gasteiger partial charge is 0.488 e. The van der Waals surface area contributed by atoms with Crippen LogP contribution >= 0.6 is 15.9 Å². The smallest absolute Gasteiger partial charge is 0.368 e. The second-order valence-corrected chi connectivity index (χ2v) is 6.09. The Hall–Kier alpha value is -2.48. The van der Waals surface area contributed by atoms with Gasteiger partial charge in [-0.15, -0.1) is 0 Å². The van der Waals surface area contributed by atoms with E-state index < -0.39 is 0 Å². The zero-order chi connectivity index (χ0) is 17.3. The standard InChI is InChI=1S/C16H14BrFN4O2/c1-10-6-7-11(18)8-15(10)24-9-12-13(17)4-3-5-14(12)22-16(23)21(2)19-20-22/h3-8H,9H2,1-2H3. The average molecular weight is 393 g/mol. The first-order valence-corrected chi connectivity index (χ1v) is 7.92. The molecule has 0 aliphatic rings. The van der Waals surface area contributed by atoms with Crippen molar-refractivity contribution in [2.45, 2.75) is 13.5 Å². The molecule has 3 rings (SSSR count). The molecule has 0 aliphatic carbocycles. The van der Waals surface area contributed by atoms with Gasteiger partial charge in [0.05, 0.1) is 5.69 Å². The maximum absolute atomic E-state index is 13.4. The van der Waals surface area contributed by atoms with Crippen LogP contribution in [0, 0.1) is 12.7 Å². The zero-order valence-electron chi connectivity index (χ0n) is 13.0. The Bertz CT molecular complexity index is 951. The third-order valence-corrected chi connectivity index (χ3v) is 4.31. The van der Waals surface area contributed by atoms with Crippen molar-refractivity contribution >= 4 is 15.9 Å². The fraction of sp³-hybridized carbons (Fsp3) is 0.188. The maximum atomic E-state index is 13.4. The van der Waals surface area contributed by atoms with Crippen LogP contribution in [0.25, 0.3) is 5.69 Å². The number of ether oxygens (including phenoxy) is 1. The molecule has 8 heteroatoms. The number of rotatable bonds is 4. The van der Waals surface area contributed by atoms with Gasteiger partial charge in [0, 0.05) is 23.2 Å². The van der Waals surface area contributed by atoms with E-state index in [1.807, 2.05) is 13.0 Å². The molecule has 0 fully saturated rings. The Morgan fingerprint density at radius 2 is 2.04 bits per heavy atom. The number of benzene rings is 2. The summed E-state index contributed by atoms with van der Waals surface area (Å²) in [4.78, 5) is 12.1. The molecule has 2 aromatic carbocycles. The molecule has 24 heavy (non-hydrogen) atoms. The molecule has 0 atom stereocenters. The zero-order valence-corrected chi connectivity index (χ0v) is 14.6. The van der Waals surface area contributed by atoms with Crippen LogP contribution in [0.4, 0.5) is 4.39 Å². The molecule has 0 aliphatic heterocycles. The highest BCUT2D eigenvalue weighted by molar-refractivity contribution is 9.10. The monoisotopic (exact) mass is 392 g/mol. The minimum atomic E-state index is -0.368. The molecule has 0 spiro atoms. The summed E-state index contributed by atoms with van der Waals surface area (Å²) in [6.07, 6.45) is 0. The molecule has 0 unspecified atom stereocenters. The van der Waals surface area contributed by atoms with Gasteiger partial charge >= 0.3 is 5.69 Å². The summed E-state index contributed by atoms with van der Waals surface area (Å²) in [6.45, 7) is 1.98.